The fraction of sp³-hybridized carbons (Fsp3) is 0.500. The van der Waals surface area contributed by atoms with E-state index in [1.54, 1.807) is 11.9 Å². The van der Waals surface area contributed by atoms with E-state index in [2.05, 4.69) is 26.6 Å². The van der Waals surface area contributed by atoms with Crippen LogP contribution >= 0.6 is 15.9 Å². The van der Waals surface area contributed by atoms with E-state index >= 15 is 0 Å². The molecular weight excluding hydrogens is 514 g/mol. The molecule has 0 aliphatic carbocycles. The zero-order valence-corrected chi connectivity index (χ0v) is 21.2. The number of fused-ring (bicyclic) bond motifs is 2. The number of carbonyl (C=O) groups excluding carboxylic acids is 3. The van der Waals surface area contributed by atoms with Crippen molar-refractivity contribution >= 4 is 50.1 Å². The number of alkyl halides is 1. The lowest BCUT2D eigenvalue weighted by atomic mass is 9.70. The van der Waals surface area contributed by atoms with Crippen molar-refractivity contribution in [3.63, 3.8) is 0 Å². The average Bonchev–Trinajstić information content (AvgIpc) is 3.44. The fourth-order valence-corrected chi connectivity index (χ4v) is 7.13. The van der Waals surface area contributed by atoms with E-state index in [0.717, 1.165) is 17.2 Å². The highest BCUT2D eigenvalue weighted by atomic mass is 79.9. The third kappa shape index (κ3) is 3.93. The molecule has 35 heavy (non-hydrogen) atoms. The van der Waals surface area contributed by atoms with Gasteiger partial charge in [0, 0.05) is 30.7 Å². The number of carbonyl (C=O) groups is 3. The van der Waals surface area contributed by atoms with Crippen molar-refractivity contribution in [3.05, 3.63) is 42.5 Å². The summed E-state index contributed by atoms with van der Waals surface area (Å²) in [6.07, 6.45) is 2.04. The molecule has 3 saturated heterocycles. The highest BCUT2D eigenvalue weighted by molar-refractivity contribution is 9.09. The van der Waals surface area contributed by atoms with Gasteiger partial charge in [-0.25, -0.2) is 0 Å². The first kappa shape index (κ1) is 24.2. The van der Waals surface area contributed by atoms with E-state index in [4.69, 9.17) is 9.84 Å². The Balaban J connectivity index is 1.48. The molecule has 6 atom stereocenters. The van der Waals surface area contributed by atoms with E-state index in [9.17, 15) is 14.4 Å². The lowest BCUT2D eigenvalue weighted by Gasteiger charge is -2.34. The quantitative estimate of drug-likeness (QED) is 0.350. The number of nitrogens with zero attached hydrogens (tertiary/aromatic N) is 1. The van der Waals surface area contributed by atoms with Gasteiger partial charge < -0.3 is 25.4 Å². The Hall–Kier alpha value is -2.49. The minimum absolute atomic E-state index is 0.0845. The first-order valence-electron chi connectivity index (χ1n) is 12.2. The minimum atomic E-state index is -1.06. The highest BCUT2D eigenvalue weighted by Gasteiger charge is 2.76. The summed E-state index contributed by atoms with van der Waals surface area (Å²) in [5, 5.41) is 16.9. The molecule has 1 spiro atoms. The number of aliphatic hydroxyl groups excluding tert-OH is 1. The number of likely N-dealkylation sites (tertiary alicyclic amines) is 1. The molecule has 0 saturated carbocycles. The van der Waals surface area contributed by atoms with Crippen LogP contribution in [0.1, 0.15) is 25.7 Å². The molecule has 3 aliphatic rings. The third-order valence-corrected chi connectivity index (χ3v) is 8.51. The second-order valence-corrected chi connectivity index (χ2v) is 10.8. The van der Waals surface area contributed by atoms with Crippen molar-refractivity contribution in [3.8, 4) is 0 Å². The molecule has 9 heteroatoms. The van der Waals surface area contributed by atoms with Crippen molar-refractivity contribution in [1.29, 1.82) is 0 Å². The molecule has 5 rings (SSSR count). The summed E-state index contributed by atoms with van der Waals surface area (Å²) in [7, 11) is 1.56. The number of nitrogens with one attached hydrogen (secondary N) is 2. The highest BCUT2D eigenvalue weighted by Crippen LogP contribution is 2.60. The van der Waals surface area contributed by atoms with Crippen LogP contribution in [0.5, 0.6) is 0 Å². The molecule has 0 aromatic heterocycles. The Labute approximate surface area is 212 Å². The van der Waals surface area contributed by atoms with Crippen LogP contribution in [0.2, 0.25) is 0 Å². The van der Waals surface area contributed by atoms with Gasteiger partial charge >= 0.3 is 0 Å². The predicted octanol–water partition coefficient (Wildman–Crippen LogP) is 2.43. The third-order valence-electron chi connectivity index (χ3n) is 7.66. The number of rotatable bonds is 8. The van der Waals surface area contributed by atoms with Crippen molar-refractivity contribution < 1.29 is 24.2 Å². The molecular formula is C26H30BrN3O5. The van der Waals surface area contributed by atoms with Gasteiger partial charge in [0.25, 0.3) is 0 Å². The van der Waals surface area contributed by atoms with E-state index in [-0.39, 0.29) is 29.2 Å². The molecule has 3 amide bonds. The Morgan fingerprint density at radius 3 is 2.66 bits per heavy atom. The first-order valence-corrected chi connectivity index (χ1v) is 13.1. The number of anilines is 1. The van der Waals surface area contributed by atoms with Gasteiger partial charge in [-0.05, 0) is 48.6 Å². The Kier molecular flexibility index (Phi) is 6.59. The molecule has 3 aliphatic heterocycles. The molecule has 3 heterocycles. The second-order valence-electron chi connectivity index (χ2n) is 9.64. The van der Waals surface area contributed by atoms with Crippen LogP contribution in [0.25, 0.3) is 10.8 Å². The number of benzene rings is 2. The van der Waals surface area contributed by atoms with Gasteiger partial charge in [0.05, 0.1) is 17.9 Å². The van der Waals surface area contributed by atoms with E-state index in [1.165, 1.54) is 0 Å². The second kappa shape index (κ2) is 9.52. The van der Waals surface area contributed by atoms with Gasteiger partial charge in [-0.2, -0.15) is 0 Å². The van der Waals surface area contributed by atoms with Crippen molar-refractivity contribution in [2.75, 3.05) is 25.5 Å². The number of hydrogen-bond donors (Lipinski definition) is 3. The van der Waals surface area contributed by atoms with Gasteiger partial charge in [-0.15, -0.1) is 0 Å². The van der Waals surface area contributed by atoms with Crippen LogP contribution in [-0.2, 0) is 19.1 Å². The largest absolute Gasteiger partial charge is 0.396 e. The lowest BCUT2D eigenvalue weighted by Crippen LogP contribution is -2.54. The summed E-state index contributed by atoms with van der Waals surface area (Å²) in [6.45, 7) is 0.454. The van der Waals surface area contributed by atoms with Gasteiger partial charge in [0.15, 0.2) is 0 Å². The van der Waals surface area contributed by atoms with E-state index in [1.807, 2.05) is 42.5 Å². The van der Waals surface area contributed by atoms with E-state index < -0.39 is 29.6 Å². The lowest BCUT2D eigenvalue weighted by molar-refractivity contribution is -0.140. The minimum Gasteiger partial charge on any atom is -0.396 e. The van der Waals surface area contributed by atoms with Crippen LogP contribution in [0.3, 0.4) is 0 Å². The Bertz CT molecular complexity index is 1160. The van der Waals surface area contributed by atoms with Crippen LogP contribution < -0.4 is 10.6 Å². The maximum absolute atomic E-state index is 13.8. The number of hydrogen-bond acceptors (Lipinski definition) is 5. The summed E-state index contributed by atoms with van der Waals surface area (Å²) in [4.78, 5) is 41.9. The smallest absolute Gasteiger partial charge is 0.250 e. The zero-order valence-electron chi connectivity index (χ0n) is 19.6. The van der Waals surface area contributed by atoms with Gasteiger partial charge in [0.2, 0.25) is 17.7 Å². The summed E-state index contributed by atoms with van der Waals surface area (Å²) in [6, 6.07) is 12.8. The molecule has 2 aromatic rings. The van der Waals surface area contributed by atoms with Crippen LogP contribution in [0.15, 0.2) is 42.5 Å². The van der Waals surface area contributed by atoms with Gasteiger partial charge in [-0.3, -0.25) is 14.4 Å². The number of amides is 3. The maximum Gasteiger partial charge on any atom is 0.250 e. The van der Waals surface area contributed by atoms with E-state index in [0.29, 0.717) is 31.5 Å². The number of aliphatic hydroxyl groups is 1. The summed E-state index contributed by atoms with van der Waals surface area (Å²) in [5.41, 5.74) is -0.419. The molecule has 186 valence electrons. The van der Waals surface area contributed by atoms with Gasteiger partial charge in [0.1, 0.15) is 11.6 Å². The number of ether oxygens (including phenoxy) is 1. The number of unbranched alkanes of at least 4 members (excludes halogenated alkanes) is 2. The van der Waals surface area contributed by atoms with Crippen molar-refractivity contribution in [2.24, 2.45) is 11.8 Å². The van der Waals surface area contributed by atoms with Crippen molar-refractivity contribution in [1.82, 2.24) is 10.2 Å². The SMILES string of the molecule is CNC(=O)[C@H]1[C@H]2C(=O)N(CCCCCO)C(C(=O)Nc3ccc4ccccc4c3)C23CC(Br)[C@@H]1O3. The van der Waals surface area contributed by atoms with Crippen LogP contribution in [0, 0.1) is 11.8 Å². The standard InChI is InChI=1S/C26H30BrN3O5/c1-28-23(32)19-20-25(34)30(11-5-2-6-12-31)22(26(20)14-18(27)21(19)35-26)24(33)29-17-10-9-15-7-3-4-8-16(15)13-17/h3-4,7-10,13,18-22,31H,2,5-6,11-12,14H2,1H3,(H,28,32)(H,29,33)/t18?,19-,20-,21-,22?,26?/m0/s1. The molecule has 2 aromatic carbocycles. The van der Waals surface area contributed by atoms with Crippen LogP contribution in [-0.4, -0.2) is 70.5 Å². The molecule has 3 unspecified atom stereocenters. The maximum atomic E-state index is 13.8. The van der Waals surface area contributed by atoms with Crippen LogP contribution in [0.4, 0.5) is 5.69 Å². The average molecular weight is 544 g/mol. The first-order chi connectivity index (χ1) is 16.9. The monoisotopic (exact) mass is 543 g/mol. The zero-order chi connectivity index (χ0) is 24.7. The summed E-state index contributed by atoms with van der Waals surface area (Å²) >= 11 is 3.65. The molecule has 0 radical (unpaired) electrons. The summed E-state index contributed by atoms with van der Waals surface area (Å²) in [5.74, 6) is -2.11. The fourth-order valence-electron chi connectivity index (χ4n) is 6.19. The summed E-state index contributed by atoms with van der Waals surface area (Å²) < 4.78 is 6.43. The van der Waals surface area contributed by atoms with Crippen molar-refractivity contribution in [2.45, 2.75) is 48.3 Å². The Morgan fingerprint density at radius 1 is 1.14 bits per heavy atom. The predicted molar refractivity (Wildman–Crippen MR) is 135 cm³/mol. The Morgan fingerprint density at radius 2 is 1.91 bits per heavy atom. The molecule has 8 nitrogen and oxygen atoms in total. The topological polar surface area (TPSA) is 108 Å². The normalized spacial score (nSPS) is 31.1. The van der Waals surface area contributed by atoms with Gasteiger partial charge in [-0.1, -0.05) is 46.3 Å². The number of halogens is 1. The molecule has 2 bridgehead atoms. The molecule has 3 fully saturated rings. The molecule has 3 N–H and O–H groups in total.